The third-order valence-corrected chi connectivity index (χ3v) is 5.20. The molecule has 0 heterocycles. The van der Waals surface area contributed by atoms with Crippen LogP contribution in [0.4, 0.5) is 4.39 Å². The second-order valence-corrected chi connectivity index (χ2v) is 7.18. The summed E-state index contributed by atoms with van der Waals surface area (Å²) in [7, 11) is -2.29. The van der Waals surface area contributed by atoms with E-state index in [2.05, 4.69) is 4.72 Å². The first-order valence-corrected chi connectivity index (χ1v) is 8.74. The van der Waals surface area contributed by atoms with E-state index in [0.717, 1.165) is 6.07 Å². The summed E-state index contributed by atoms with van der Waals surface area (Å²) in [5, 5.41) is 0.496. The van der Waals surface area contributed by atoms with E-state index in [9.17, 15) is 12.8 Å². The fraction of sp³-hybridized carbons (Fsp3) is 0.250. The maximum Gasteiger partial charge on any atom is 0.240 e. The molecule has 0 saturated carbocycles. The molecule has 0 saturated heterocycles. The molecule has 2 rings (SSSR count). The molecule has 2 aromatic rings. The Labute approximate surface area is 140 Å². The Hall–Kier alpha value is -1.47. The van der Waals surface area contributed by atoms with Gasteiger partial charge in [0.15, 0.2) is 0 Å². The summed E-state index contributed by atoms with van der Waals surface area (Å²) >= 11 is 6.10. The second-order valence-electron chi connectivity index (χ2n) is 5.01. The van der Waals surface area contributed by atoms with E-state index in [-0.39, 0.29) is 17.0 Å². The van der Waals surface area contributed by atoms with Crippen LogP contribution in [0.15, 0.2) is 47.4 Å². The molecule has 4 nitrogen and oxygen atoms in total. The van der Waals surface area contributed by atoms with Gasteiger partial charge in [-0.1, -0.05) is 29.8 Å². The van der Waals surface area contributed by atoms with Crippen molar-refractivity contribution in [2.75, 3.05) is 13.7 Å². The Kier molecular flexibility index (Phi) is 5.75. The van der Waals surface area contributed by atoms with Crippen molar-refractivity contribution < 1.29 is 17.5 Å². The van der Waals surface area contributed by atoms with Gasteiger partial charge in [0, 0.05) is 24.2 Å². The monoisotopic (exact) mass is 357 g/mol. The van der Waals surface area contributed by atoms with Gasteiger partial charge in [-0.3, -0.25) is 0 Å². The molecular formula is C16H17ClFNO3S. The average Bonchev–Trinajstić information content (AvgIpc) is 2.52. The van der Waals surface area contributed by atoms with Crippen LogP contribution in [0.1, 0.15) is 17.2 Å². The molecule has 0 unspecified atom stereocenters. The van der Waals surface area contributed by atoms with E-state index in [1.165, 1.54) is 26.2 Å². The van der Waals surface area contributed by atoms with Gasteiger partial charge in [0.05, 0.1) is 11.0 Å². The minimum absolute atomic E-state index is 0.00501. The zero-order valence-electron chi connectivity index (χ0n) is 12.7. The summed E-state index contributed by atoms with van der Waals surface area (Å²) in [5.41, 5.74) is 0.955. The van der Waals surface area contributed by atoms with Crippen LogP contribution in [0.2, 0.25) is 5.02 Å². The van der Waals surface area contributed by atoms with Gasteiger partial charge in [0.2, 0.25) is 10.0 Å². The van der Waals surface area contributed by atoms with Crippen LogP contribution in [0.3, 0.4) is 0 Å². The van der Waals surface area contributed by atoms with Gasteiger partial charge in [-0.25, -0.2) is 17.5 Å². The van der Waals surface area contributed by atoms with Crippen molar-refractivity contribution in [1.29, 1.82) is 0 Å². The van der Waals surface area contributed by atoms with Gasteiger partial charge >= 0.3 is 0 Å². The van der Waals surface area contributed by atoms with Crippen molar-refractivity contribution in [3.63, 3.8) is 0 Å². The number of benzene rings is 2. The smallest absolute Gasteiger partial charge is 0.240 e. The molecule has 0 aromatic heterocycles. The van der Waals surface area contributed by atoms with Crippen LogP contribution in [0.25, 0.3) is 0 Å². The summed E-state index contributed by atoms with van der Waals surface area (Å²) in [5.74, 6) is -0.449. The largest absolute Gasteiger partial charge is 0.375 e. The molecule has 0 bridgehead atoms. The first-order chi connectivity index (χ1) is 10.8. The molecule has 7 heteroatoms. The number of sulfonamides is 1. The van der Waals surface area contributed by atoms with Gasteiger partial charge in [-0.05, 0) is 36.8 Å². The molecule has 23 heavy (non-hydrogen) atoms. The van der Waals surface area contributed by atoms with Crippen LogP contribution < -0.4 is 4.72 Å². The fourth-order valence-corrected chi connectivity index (χ4v) is 3.48. The van der Waals surface area contributed by atoms with Crippen molar-refractivity contribution in [3.8, 4) is 0 Å². The lowest BCUT2D eigenvalue weighted by Crippen LogP contribution is -2.29. The Morgan fingerprint density at radius 3 is 2.57 bits per heavy atom. The van der Waals surface area contributed by atoms with Crippen LogP contribution >= 0.6 is 11.6 Å². The van der Waals surface area contributed by atoms with E-state index >= 15 is 0 Å². The standard InChI is InChI=1S/C16H17ClFNO3S/c1-11-9-12(7-8-15(11)18)23(20,21)19-10-16(22-2)13-5-3-4-6-14(13)17/h3-9,16,19H,10H2,1-2H3/t16-/m0/s1. The van der Waals surface area contributed by atoms with Gasteiger partial charge in [0.1, 0.15) is 5.82 Å². The van der Waals surface area contributed by atoms with Crippen molar-refractivity contribution >= 4 is 21.6 Å². The average molecular weight is 358 g/mol. The van der Waals surface area contributed by atoms with Crippen molar-refractivity contribution in [2.45, 2.75) is 17.9 Å². The summed E-state index contributed by atoms with van der Waals surface area (Å²) in [6.07, 6.45) is -0.528. The third-order valence-electron chi connectivity index (χ3n) is 3.44. The molecule has 0 aliphatic carbocycles. The highest BCUT2D eigenvalue weighted by molar-refractivity contribution is 7.89. The maximum absolute atomic E-state index is 13.3. The molecule has 1 atom stereocenters. The van der Waals surface area contributed by atoms with Crippen molar-refractivity contribution in [1.82, 2.24) is 4.72 Å². The summed E-state index contributed by atoms with van der Waals surface area (Å²) in [4.78, 5) is 0.00501. The number of halogens is 2. The first-order valence-electron chi connectivity index (χ1n) is 6.88. The Balaban J connectivity index is 2.17. The van der Waals surface area contributed by atoms with E-state index in [1.54, 1.807) is 24.3 Å². The highest BCUT2D eigenvalue weighted by Crippen LogP contribution is 2.25. The predicted octanol–water partition coefficient (Wildman–Crippen LogP) is 3.45. The molecular weight excluding hydrogens is 341 g/mol. The molecule has 0 aliphatic rings. The molecule has 2 aromatic carbocycles. The summed E-state index contributed by atoms with van der Waals surface area (Å²) in [6.45, 7) is 1.52. The predicted molar refractivity (Wildman–Crippen MR) is 87.5 cm³/mol. The number of hydrogen-bond donors (Lipinski definition) is 1. The fourth-order valence-electron chi connectivity index (χ4n) is 2.11. The van der Waals surface area contributed by atoms with Crippen molar-refractivity contribution in [2.24, 2.45) is 0 Å². The quantitative estimate of drug-likeness (QED) is 0.861. The minimum Gasteiger partial charge on any atom is -0.375 e. The van der Waals surface area contributed by atoms with E-state index in [4.69, 9.17) is 16.3 Å². The summed E-state index contributed by atoms with van der Waals surface area (Å²) in [6, 6.07) is 10.7. The number of ether oxygens (including phenoxy) is 1. The zero-order chi connectivity index (χ0) is 17.0. The van der Waals surface area contributed by atoms with Gasteiger partial charge in [-0.2, -0.15) is 0 Å². The second kappa shape index (κ2) is 7.40. The third kappa shape index (κ3) is 4.29. The molecule has 0 aliphatic heterocycles. The summed E-state index contributed by atoms with van der Waals surface area (Å²) < 4.78 is 45.7. The highest BCUT2D eigenvalue weighted by Gasteiger charge is 2.20. The lowest BCUT2D eigenvalue weighted by molar-refractivity contribution is 0.107. The molecule has 0 amide bonds. The highest BCUT2D eigenvalue weighted by atomic mass is 35.5. The van der Waals surface area contributed by atoms with Gasteiger partial charge < -0.3 is 4.74 Å². The topological polar surface area (TPSA) is 55.4 Å². The van der Waals surface area contributed by atoms with E-state index in [0.29, 0.717) is 10.6 Å². The SMILES string of the molecule is CO[C@@H](CNS(=O)(=O)c1ccc(F)c(C)c1)c1ccccc1Cl. The lowest BCUT2D eigenvalue weighted by atomic mass is 10.1. The Morgan fingerprint density at radius 1 is 1.26 bits per heavy atom. The van der Waals surface area contributed by atoms with E-state index < -0.39 is 21.9 Å². The zero-order valence-corrected chi connectivity index (χ0v) is 14.3. The minimum atomic E-state index is -3.77. The van der Waals surface area contributed by atoms with Crippen LogP contribution in [-0.4, -0.2) is 22.1 Å². The van der Waals surface area contributed by atoms with Crippen LogP contribution in [0.5, 0.6) is 0 Å². The lowest BCUT2D eigenvalue weighted by Gasteiger charge is -2.18. The maximum atomic E-state index is 13.3. The van der Waals surface area contributed by atoms with E-state index in [1.807, 2.05) is 0 Å². The number of hydrogen-bond acceptors (Lipinski definition) is 3. The number of nitrogens with one attached hydrogen (secondary N) is 1. The number of aryl methyl sites for hydroxylation is 1. The van der Waals surface area contributed by atoms with Crippen LogP contribution in [0, 0.1) is 12.7 Å². The first kappa shape index (κ1) is 17.9. The molecule has 0 fully saturated rings. The van der Waals surface area contributed by atoms with Gasteiger partial charge in [0.25, 0.3) is 0 Å². The molecule has 124 valence electrons. The normalized spacial score (nSPS) is 13.0. The Morgan fingerprint density at radius 2 is 1.96 bits per heavy atom. The number of methoxy groups -OCH3 is 1. The molecule has 0 spiro atoms. The molecule has 0 radical (unpaired) electrons. The van der Waals surface area contributed by atoms with Crippen molar-refractivity contribution in [3.05, 3.63) is 64.4 Å². The Bertz CT molecular complexity index is 796. The van der Waals surface area contributed by atoms with Gasteiger partial charge in [-0.15, -0.1) is 0 Å². The molecule has 1 N–H and O–H groups in total. The number of rotatable bonds is 6. The van der Waals surface area contributed by atoms with Crippen LogP contribution in [-0.2, 0) is 14.8 Å².